The number of ether oxygens (including phenoxy) is 1. The molecule has 2 aliphatic heterocycles. The Morgan fingerprint density at radius 3 is 2.72 bits per heavy atom. The van der Waals surface area contributed by atoms with Crippen molar-refractivity contribution < 1.29 is 14.4 Å². The summed E-state index contributed by atoms with van der Waals surface area (Å²) >= 11 is 6.24. The number of hydrogen-bond acceptors (Lipinski definition) is 9. The normalized spacial score (nSPS) is 17.7. The first kappa shape index (κ1) is 26.7. The van der Waals surface area contributed by atoms with E-state index in [0.29, 0.717) is 40.4 Å². The minimum atomic E-state index is -0.288. The molecule has 0 radical (unpaired) electrons. The van der Waals surface area contributed by atoms with E-state index in [4.69, 9.17) is 21.2 Å². The van der Waals surface area contributed by atoms with Crippen LogP contribution in [0.4, 0.5) is 28.7 Å². The Morgan fingerprint density at radius 1 is 1.15 bits per heavy atom. The van der Waals surface area contributed by atoms with Crippen LogP contribution in [0.15, 0.2) is 61.4 Å². The van der Waals surface area contributed by atoms with E-state index >= 15 is 0 Å². The summed E-state index contributed by atoms with van der Waals surface area (Å²) in [4.78, 5) is 31.6. The molecule has 2 saturated heterocycles. The van der Waals surface area contributed by atoms with E-state index in [1.165, 1.54) is 12.4 Å². The zero-order valence-corrected chi connectivity index (χ0v) is 22.8. The highest BCUT2D eigenvalue weighted by Gasteiger charge is 2.29. The van der Waals surface area contributed by atoms with Gasteiger partial charge in [-0.25, -0.2) is 15.0 Å². The van der Waals surface area contributed by atoms with Crippen molar-refractivity contribution in [3.63, 3.8) is 0 Å². The summed E-state index contributed by atoms with van der Waals surface area (Å²) in [6, 6.07) is 13.4. The van der Waals surface area contributed by atoms with Crippen LogP contribution in [0.2, 0.25) is 5.02 Å². The first-order valence-corrected chi connectivity index (χ1v) is 13.2. The van der Waals surface area contributed by atoms with Crippen molar-refractivity contribution in [1.82, 2.24) is 14.9 Å². The first-order chi connectivity index (χ1) is 18.9. The second-order valence-corrected chi connectivity index (χ2v) is 9.89. The average molecular weight is 550 g/mol. The fourth-order valence-electron chi connectivity index (χ4n) is 4.81. The Morgan fingerprint density at radius 2 is 1.97 bits per heavy atom. The van der Waals surface area contributed by atoms with E-state index < -0.39 is 0 Å². The molecule has 1 unspecified atom stereocenters. The van der Waals surface area contributed by atoms with Gasteiger partial charge >= 0.3 is 0 Å². The standard InChI is InChI=1S/C28H32ClN7O3/c1-4-28(37)33-21-15-22(25(38-3)16-24(21)35-11-9-34(2)10-12-35)32-26-17-27(31-18-30-26)36-23(8-13-39-36)19-6-5-7-20(29)14-19/h4-7,14-18,23H,1,8-13H2,2-3H3,(H,33,37)(H,30,31,32). The molecule has 5 rings (SSSR count). The average Bonchev–Trinajstić information content (AvgIpc) is 3.44. The summed E-state index contributed by atoms with van der Waals surface area (Å²) in [5, 5.41) is 8.76. The van der Waals surface area contributed by atoms with Crippen LogP contribution in [0.1, 0.15) is 18.0 Å². The molecule has 3 aromatic rings. The van der Waals surface area contributed by atoms with Crippen LogP contribution in [-0.2, 0) is 9.63 Å². The lowest BCUT2D eigenvalue weighted by atomic mass is 10.0. The molecule has 0 saturated carbocycles. The molecule has 2 fully saturated rings. The lowest BCUT2D eigenvalue weighted by Gasteiger charge is -2.35. The maximum Gasteiger partial charge on any atom is 0.247 e. The molecule has 1 atom stereocenters. The van der Waals surface area contributed by atoms with Crippen molar-refractivity contribution in [1.29, 1.82) is 0 Å². The topological polar surface area (TPSA) is 95.1 Å². The summed E-state index contributed by atoms with van der Waals surface area (Å²) in [5.41, 5.74) is 3.25. The van der Waals surface area contributed by atoms with Crippen LogP contribution in [-0.4, -0.2) is 67.7 Å². The van der Waals surface area contributed by atoms with Crippen molar-refractivity contribution in [3.05, 3.63) is 72.0 Å². The molecular weight excluding hydrogens is 518 g/mol. The lowest BCUT2D eigenvalue weighted by molar-refractivity contribution is -0.111. The number of methoxy groups -OCH3 is 1. The summed E-state index contributed by atoms with van der Waals surface area (Å²) in [6.45, 7) is 7.69. The predicted octanol–water partition coefficient (Wildman–Crippen LogP) is 4.64. The molecular formula is C28H32ClN7O3. The van der Waals surface area contributed by atoms with Crippen molar-refractivity contribution >= 4 is 46.2 Å². The smallest absolute Gasteiger partial charge is 0.247 e. The number of halogens is 1. The maximum atomic E-state index is 12.3. The van der Waals surface area contributed by atoms with Gasteiger partial charge < -0.3 is 25.2 Å². The van der Waals surface area contributed by atoms with E-state index in [0.717, 1.165) is 43.9 Å². The fraction of sp³-hybridized carbons (Fsp3) is 0.321. The number of anilines is 5. The number of piperazine rings is 1. The number of hydroxylamine groups is 1. The molecule has 1 aromatic heterocycles. The van der Waals surface area contributed by atoms with E-state index in [9.17, 15) is 4.79 Å². The fourth-order valence-corrected chi connectivity index (χ4v) is 5.01. The number of aromatic nitrogens is 2. The number of carbonyl (C=O) groups excluding carboxylic acids is 1. The summed E-state index contributed by atoms with van der Waals surface area (Å²) in [5.74, 6) is 1.49. The van der Waals surface area contributed by atoms with Gasteiger partial charge in [0, 0.05) is 49.8 Å². The number of carbonyl (C=O) groups is 1. The number of nitrogens with zero attached hydrogens (tertiary/aromatic N) is 5. The minimum Gasteiger partial charge on any atom is -0.494 e. The molecule has 2 aromatic carbocycles. The summed E-state index contributed by atoms with van der Waals surface area (Å²) in [6.07, 6.45) is 3.55. The predicted molar refractivity (Wildman–Crippen MR) is 154 cm³/mol. The number of amides is 1. The van der Waals surface area contributed by atoms with Gasteiger partial charge in [0.15, 0.2) is 5.82 Å². The van der Waals surface area contributed by atoms with Crippen LogP contribution in [0.25, 0.3) is 0 Å². The van der Waals surface area contributed by atoms with Gasteiger partial charge in [-0.3, -0.25) is 9.63 Å². The van der Waals surface area contributed by atoms with E-state index in [1.807, 2.05) is 42.5 Å². The van der Waals surface area contributed by atoms with Crippen LogP contribution in [0.3, 0.4) is 0 Å². The molecule has 1 amide bonds. The number of hydrogen-bond donors (Lipinski definition) is 2. The summed E-state index contributed by atoms with van der Waals surface area (Å²) < 4.78 is 5.75. The number of rotatable bonds is 8. The third-order valence-corrected chi connectivity index (χ3v) is 7.12. The van der Waals surface area contributed by atoms with Gasteiger partial charge in [0.1, 0.15) is 17.9 Å². The molecule has 0 aliphatic carbocycles. The maximum absolute atomic E-state index is 12.3. The molecule has 10 nitrogen and oxygen atoms in total. The van der Waals surface area contributed by atoms with E-state index in [1.54, 1.807) is 12.2 Å². The van der Waals surface area contributed by atoms with Gasteiger partial charge in [0.2, 0.25) is 5.91 Å². The number of nitrogens with one attached hydrogen (secondary N) is 2. The molecule has 0 bridgehead atoms. The van der Waals surface area contributed by atoms with Crippen LogP contribution >= 0.6 is 11.6 Å². The Labute approximate surface area is 233 Å². The Hall–Kier alpha value is -3.86. The molecule has 0 spiro atoms. The second-order valence-electron chi connectivity index (χ2n) is 9.46. The Balaban J connectivity index is 1.44. The van der Waals surface area contributed by atoms with Crippen LogP contribution in [0, 0.1) is 0 Å². The van der Waals surface area contributed by atoms with Crippen molar-refractivity contribution in [2.24, 2.45) is 0 Å². The first-order valence-electron chi connectivity index (χ1n) is 12.8. The van der Waals surface area contributed by atoms with Gasteiger partial charge in [0.05, 0.1) is 36.8 Å². The third-order valence-electron chi connectivity index (χ3n) is 6.88. The number of likely N-dealkylation sites (N-methyl/N-ethyl adjacent to an activating group) is 1. The highest BCUT2D eigenvalue weighted by atomic mass is 35.5. The highest BCUT2D eigenvalue weighted by Crippen LogP contribution is 2.40. The Bertz CT molecular complexity index is 1350. The second kappa shape index (κ2) is 11.9. The van der Waals surface area contributed by atoms with Crippen LogP contribution < -0.4 is 25.3 Å². The monoisotopic (exact) mass is 549 g/mol. The summed E-state index contributed by atoms with van der Waals surface area (Å²) in [7, 11) is 3.72. The molecule has 204 valence electrons. The minimum absolute atomic E-state index is 0.0235. The van der Waals surface area contributed by atoms with Crippen molar-refractivity contribution in [3.8, 4) is 5.75 Å². The molecule has 2 N–H and O–H groups in total. The molecule has 2 aliphatic rings. The van der Waals surface area contributed by atoms with E-state index in [2.05, 4.69) is 44.0 Å². The van der Waals surface area contributed by atoms with Gasteiger partial charge in [-0.1, -0.05) is 30.3 Å². The van der Waals surface area contributed by atoms with Crippen molar-refractivity contribution in [2.45, 2.75) is 12.5 Å². The van der Waals surface area contributed by atoms with Gasteiger partial charge in [0.25, 0.3) is 0 Å². The Kier molecular flexibility index (Phi) is 8.16. The van der Waals surface area contributed by atoms with Gasteiger partial charge in [-0.05, 0) is 36.9 Å². The van der Waals surface area contributed by atoms with Crippen molar-refractivity contribution in [2.75, 3.05) is 67.5 Å². The quantitative estimate of drug-likeness (QED) is 0.389. The molecule has 3 heterocycles. The SMILES string of the molecule is C=CC(=O)Nc1cc(Nc2cc(N3OCCC3c3cccc(Cl)c3)ncn2)c(OC)cc1N1CCN(C)CC1. The zero-order valence-electron chi connectivity index (χ0n) is 22.1. The largest absolute Gasteiger partial charge is 0.494 e. The third kappa shape index (κ3) is 6.08. The molecule has 39 heavy (non-hydrogen) atoms. The highest BCUT2D eigenvalue weighted by molar-refractivity contribution is 6.30. The van der Waals surface area contributed by atoms with Gasteiger partial charge in [-0.2, -0.15) is 0 Å². The zero-order chi connectivity index (χ0) is 27.4. The van der Waals surface area contributed by atoms with Gasteiger partial charge in [-0.15, -0.1) is 0 Å². The van der Waals surface area contributed by atoms with Crippen LogP contribution in [0.5, 0.6) is 5.75 Å². The number of benzene rings is 2. The molecule has 11 heteroatoms. The van der Waals surface area contributed by atoms with E-state index in [-0.39, 0.29) is 11.9 Å². The lowest BCUT2D eigenvalue weighted by Crippen LogP contribution is -2.44.